The first-order valence-electron chi connectivity index (χ1n) is 9.55. The van der Waals surface area contributed by atoms with Gasteiger partial charge in [-0.15, -0.1) is 0 Å². The van der Waals surface area contributed by atoms with Crippen LogP contribution in [0.3, 0.4) is 0 Å². The molecular weight excluding hydrogens is 353 g/mol. The number of carbonyl (C=O) groups excluding carboxylic acids is 1. The molecule has 28 heavy (non-hydrogen) atoms. The lowest BCUT2D eigenvalue weighted by atomic mass is 10.0. The maximum absolute atomic E-state index is 13.7. The van der Waals surface area contributed by atoms with Crippen molar-refractivity contribution in [2.24, 2.45) is 0 Å². The Morgan fingerprint density at radius 2 is 1.89 bits per heavy atom. The van der Waals surface area contributed by atoms with Gasteiger partial charge in [-0.05, 0) is 54.7 Å². The van der Waals surface area contributed by atoms with Gasteiger partial charge >= 0.3 is 0 Å². The third-order valence-electron chi connectivity index (χ3n) is 5.02. The molecule has 0 bridgehead atoms. The van der Waals surface area contributed by atoms with Crippen LogP contribution in [0.5, 0.6) is 0 Å². The lowest BCUT2D eigenvalue weighted by molar-refractivity contribution is 0.0980. The van der Waals surface area contributed by atoms with Crippen LogP contribution in [0.25, 0.3) is 0 Å². The molecule has 0 saturated carbocycles. The lowest BCUT2D eigenvalue weighted by Crippen LogP contribution is -2.35. The zero-order chi connectivity index (χ0) is 19.3. The largest absolute Gasteiger partial charge is 0.383 e. The van der Waals surface area contributed by atoms with E-state index < -0.39 is 0 Å². The number of rotatable bonds is 5. The minimum Gasteiger partial charge on any atom is -0.383 e. The van der Waals surface area contributed by atoms with Crippen LogP contribution in [0, 0.1) is 5.82 Å². The van der Waals surface area contributed by atoms with E-state index >= 15 is 0 Å². The zero-order valence-corrected chi connectivity index (χ0v) is 15.6. The topological polar surface area (TPSA) is 45.2 Å². The molecule has 1 N–H and O–H groups in total. The molecule has 0 radical (unpaired) electrons. The molecule has 1 aromatic heterocycles. The number of carbonyl (C=O) groups is 1. The van der Waals surface area contributed by atoms with Crippen molar-refractivity contribution < 1.29 is 9.18 Å². The summed E-state index contributed by atoms with van der Waals surface area (Å²) in [6, 6.07) is 18.4. The van der Waals surface area contributed by atoms with Crippen molar-refractivity contribution in [3.63, 3.8) is 0 Å². The minimum absolute atomic E-state index is 0.0787. The second kappa shape index (κ2) is 8.21. The van der Waals surface area contributed by atoms with Crippen LogP contribution >= 0.6 is 0 Å². The highest BCUT2D eigenvalue weighted by molar-refractivity contribution is 6.05. The summed E-state index contributed by atoms with van der Waals surface area (Å²) in [6.45, 7) is 1.30. The van der Waals surface area contributed by atoms with E-state index in [1.807, 2.05) is 35.2 Å². The Balaban J connectivity index is 1.40. The van der Waals surface area contributed by atoms with Crippen LogP contribution in [0.1, 0.15) is 28.0 Å². The molecule has 2 heterocycles. The number of aromatic nitrogens is 1. The Hall–Kier alpha value is -3.21. The van der Waals surface area contributed by atoms with Gasteiger partial charge in [0.2, 0.25) is 0 Å². The maximum Gasteiger partial charge on any atom is 0.276 e. The minimum atomic E-state index is -0.190. The number of para-hydroxylation sites is 1. The number of pyridine rings is 1. The third kappa shape index (κ3) is 3.88. The summed E-state index contributed by atoms with van der Waals surface area (Å²) in [7, 11) is 0. The van der Waals surface area contributed by atoms with Gasteiger partial charge in [0.1, 0.15) is 11.5 Å². The summed E-state index contributed by atoms with van der Waals surface area (Å²) in [5.74, 6) is -0.268. The second-order valence-corrected chi connectivity index (χ2v) is 6.89. The summed E-state index contributed by atoms with van der Waals surface area (Å²) in [4.78, 5) is 19.1. The van der Waals surface area contributed by atoms with E-state index in [4.69, 9.17) is 0 Å². The SMILES string of the molecule is O=C(c1ccc(NCCc2ccccc2F)cn1)N1CCCc2ccccc21. The smallest absolute Gasteiger partial charge is 0.276 e. The standard InChI is InChI=1S/C23H22FN3O/c24-20-9-3-1-6-17(20)13-14-25-19-11-12-21(26-16-19)23(28)27-15-5-8-18-7-2-4-10-22(18)27/h1-4,6-7,9-12,16,25H,5,8,13-15H2. The number of halogens is 1. The number of aryl methyl sites for hydroxylation is 1. The Morgan fingerprint density at radius 1 is 1.07 bits per heavy atom. The van der Waals surface area contributed by atoms with Crippen molar-refractivity contribution in [3.05, 3.63) is 89.5 Å². The number of nitrogens with zero attached hydrogens (tertiary/aromatic N) is 2. The van der Waals surface area contributed by atoms with E-state index in [1.54, 1.807) is 24.4 Å². The monoisotopic (exact) mass is 375 g/mol. The van der Waals surface area contributed by atoms with Crippen molar-refractivity contribution in [3.8, 4) is 0 Å². The molecule has 1 amide bonds. The molecule has 0 spiro atoms. The van der Waals surface area contributed by atoms with Crippen LogP contribution in [-0.4, -0.2) is 24.0 Å². The highest BCUT2D eigenvalue weighted by Crippen LogP contribution is 2.27. The Kier molecular flexibility index (Phi) is 5.33. The second-order valence-electron chi connectivity index (χ2n) is 6.89. The molecule has 2 aromatic carbocycles. The molecule has 0 unspecified atom stereocenters. The first kappa shape index (κ1) is 18.2. The first-order valence-corrected chi connectivity index (χ1v) is 9.55. The molecule has 0 aliphatic carbocycles. The van der Waals surface area contributed by atoms with Gasteiger partial charge < -0.3 is 10.2 Å². The summed E-state index contributed by atoms with van der Waals surface area (Å²) in [5, 5.41) is 3.23. The molecule has 0 saturated heterocycles. The van der Waals surface area contributed by atoms with Crippen molar-refractivity contribution in [1.29, 1.82) is 0 Å². The third-order valence-corrected chi connectivity index (χ3v) is 5.02. The van der Waals surface area contributed by atoms with E-state index in [0.717, 1.165) is 24.2 Å². The molecule has 3 aromatic rings. The van der Waals surface area contributed by atoms with Crippen LogP contribution < -0.4 is 10.2 Å². The molecule has 1 aliphatic heterocycles. The van der Waals surface area contributed by atoms with Gasteiger partial charge in [0.05, 0.1) is 11.9 Å². The average Bonchev–Trinajstić information content (AvgIpc) is 2.75. The van der Waals surface area contributed by atoms with Gasteiger partial charge in [-0.1, -0.05) is 36.4 Å². The molecular formula is C23H22FN3O. The fourth-order valence-corrected chi connectivity index (χ4v) is 3.55. The fourth-order valence-electron chi connectivity index (χ4n) is 3.55. The molecule has 1 aliphatic rings. The quantitative estimate of drug-likeness (QED) is 0.716. The Labute approximate surface area is 164 Å². The maximum atomic E-state index is 13.7. The van der Waals surface area contributed by atoms with E-state index in [2.05, 4.69) is 16.4 Å². The predicted molar refractivity (Wildman–Crippen MR) is 109 cm³/mol. The molecule has 4 nitrogen and oxygen atoms in total. The number of hydrogen-bond donors (Lipinski definition) is 1. The van der Waals surface area contributed by atoms with Gasteiger partial charge in [0.25, 0.3) is 5.91 Å². The first-order chi connectivity index (χ1) is 13.7. The van der Waals surface area contributed by atoms with Crippen LogP contribution in [0.2, 0.25) is 0 Å². The number of fused-ring (bicyclic) bond motifs is 1. The summed E-state index contributed by atoms with van der Waals surface area (Å²) >= 11 is 0. The Morgan fingerprint density at radius 3 is 2.71 bits per heavy atom. The highest BCUT2D eigenvalue weighted by Gasteiger charge is 2.23. The summed E-state index contributed by atoms with van der Waals surface area (Å²) < 4.78 is 13.7. The molecule has 0 atom stereocenters. The van der Waals surface area contributed by atoms with E-state index in [1.165, 1.54) is 11.6 Å². The van der Waals surface area contributed by atoms with Crippen LogP contribution in [0.4, 0.5) is 15.8 Å². The van der Waals surface area contributed by atoms with Crippen molar-refractivity contribution in [2.45, 2.75) is 19.3 Å². The van der Waals surface area contributed by atoms with Crippen LogP contribution in [0.15, 0.2) is 66.9 Å². The van der Waals surface area contributed by atoms with Gasteiger partial charge in [0, 0.05) is 18.8 Å². The number of amides is 1. The molecule has 5 heteroatoms. The predicted octanol–water partition coefficient (Wildman–Crippen LogP) is 4.47. The fraction of sp³-hybridized carbons (Fsp3) is 0.217. The summed E-state index contributed by atoms with van der Waals surface area (Å²) in [5.41, 5.74) is 4.10. The van der Waals surface area contributed by atoms with E-state index in [0.29, 0.717) is 30.8 Å². The number of benzene rings is 2. The van der Waals surface area contributed by atoms with Crippen LogP contribution in [-0.2, 0) is 12.8 Å². The van der Waals surface area contributed by atoms with Gasteiger partial charge in [-0.25, -0.2) is 9.37 Å². The van der Waals surface area contributed by atoms with Gasteiger partial charge in [0.15, 0.2) is 0 Å². The van der Waals surface area contributed by atoms with Gasteiger partial charge in [-0.3, -0.25) is 4.79 Å². The molecule has 4 rings (SSSR count). The number of hydrogen-bond acceptors (Lipinski definition) is 3. The Bertz CT molecular complexity index is 972. The average molecular weight is 375 g/mol. The summed E-state index contributed by atoms with van der Waals surface area (Å²) in [6.07, 6.45) is 4.19. The van der Waals surface area contributed by atoms with Crippen molar-refractivity contribution in [1.82, 2.24) is 4.98 Å². The van der Waals surface area contributed by atoms with E-state index in [9.17, 15) is 9.18 Å². The normalized spacial score (nSPS) is 13.1. The highest BCUT2D eigenvalue weighted by atomic mass is 19.1. The molecule has 142 valence electrons. The number of nitrogens with one attached hydrogen (secondary N) is 1. The zero-order valence-electron chi connectivity index (χ0n) is 15.6. The number of anilines is 2. The van der Waals surface area contributed by atoms with Crippen molar-refractivity contribution >= 4 is 17.3 Å². The van der Waals surface area contributed by atoms with E-state index in [-0.39, 0.29) is 11.7 Å². The van der Waals surface area contributed by atoms with Gasteiger partial charge in [-0.2, -0.15) is 0 Å². The van der Waals surface area contributed by atoms with Crippen molar-refractivity contribution in [2.75, 3.05) is 23.3 Å². The molecule has 0 fully saturated rings. The lowest BCUT2D eigenvalue weighted by Gasteiger charge is -2.29.